The first-order chi connectivity index (χ1) is 20.6. The number of rotatable bonds is 12. The number of carbonyl (C=O) groups is 2. The number of sulfonamides is 1. The number of benzene rings is 4. The zero-order chi connectivity index (χ0) is 31.0. The van der Waals surface area contributed by atoms with Crippen molar-refractivity contribution in [1.82, 2.24) is 10.2 Å². The molecule has 0 saturated heterocycles. The van der Waals surface area contributed by atoms with Crippen LogP contribution in [0.2, 0.25) is 5.02 Å². The Morgan fingerprint density at radius 1 is 0.814 bits per heavy atom. The quantitative estimate of drug-likeness (QED) is 0.214. The molecule has 4 aromatic rings. The molecule has 1 atom stereocenters. The van der Waals surface area contributed by atoms with Gasteiger partial charge in [-0.1, -0.05) is 83.9 Å². The van der Waals surface area contributed by atoms with Gasteiger partial charge in [0, 0.05) is 24.5 Å². The van der Waals surface area contributed by atoms with E-state index in [1.807, 2.05) is 63.2 Å². The number of hydrogen-bond acceptors (Lipinski definition) is 4. The molecule has 43 heavy (non-hydrogen) atoms. The fourth-order valence-electron chi connectivity index (χ4n) is 4.83. The number of anilines is 1. The average Bonchev–Trinajstić information content (AvgIpc) is 2.98. The molecule has 4 rings (SSSR count). The second-order valence-electron chi connectivity index (χ2n) is 10.4. The summed E-state index contributed by atoms with van der Waals surface area (Å²) in [7, 11) is -4.15. The van der Waals surface area contributed by atoms with E-state index in [0.717, 1.165) is 21.0 Å². The van der Waals surface area contributed by atoms with Gasteiger partial charge in [-0.15, -0.1) is 0 Å². The average molecular weight is 618 g/mol. The maximum atomic E-state index is 14.4. The number of halogens is 1. The summed E-state index contributed by atoms with van der Waals surface area (Å²) in [6.45, 7) is 5.47. The van der Waals surface area contributed by atoms with Crippen molar-refractivity contribution < 1.29 is 18.0 Å². The zero-order valence-corrected chi connectivity index (χ0v) is 26.1. The highest BCUT2D eigenvalue weighted by atomic mass is 35.5. The van der Waals surface area contributed by atoms with Crippen molar-refractivity contribution in [3.63, 3.8) is 0 Å². The van der Waals surface area contributed by atoms with Crippen LogP contribution in [0.1, 0.15) is 29.2 Å². The molecule has 0 aliphatic heterocycles. The van der Waals surface area contributed by atoms with Gasteiger partial charge in [-0.25, -0.2) is 8.42 Å². The van der Waals surface area contributed by atoms with Crippen molar-refractivity contribution in [2.24, 2.45) is 0 Å². The molecule has 0 heterocycles. The van der Waals surface area contributed by atoms with E-state index in [9.17, 15) is 18.0 Å². The lowest BCUT2D eigenvalue weighted by Crippen LogP contribution is -2.53. The van der Waals surface area contributed by atoms with Crippen LogP contribution in [0.4, 0.5) is 5.69 Å². The molecule has 0 fully saturated rings. The van der Waals surface area contributed by atoms with E-state index >= 15 is 0 Å². The first-order valence-corrected chi connectivity index (χ1v) is 15.9. The summed E-state index contributed by atoms with van der Waals surface area (Å²) >= 11 is 6.28. The molecule has 0 aliphatic carbocycles. The van der Waals surface area contributed by atoms with Crippen LogP contribution in [-0.4, -0.2) is 44.3 Å². The minimum atomic E-state index is -4.15. The molecule has 0 radical (unpaired) electrons. The van der Waals surface area contributed by atoms with Gasteiger partial charge in [0.05, 0.1) is 10.6 Å². The van der Waals surface area contributed by atoms with E-state index < -0.39 is 28.5 Å². The van der Waals surface area contributed by atoms with Gasteiger partial charge in [-0.3, -0.25) is 13.9 Å². The molecule has 7 nitrogen and oxygen atoms in total. The van der Waals surface area contributed by atoms with Gasteiger partial charge in [0.2, 0.25) is 11.8 Å². The van der Waals surface area contributed by atoms with E-state index in [4.69, 9.17) is 11.6 Å². The number of nitrogens with zero attached hydrogens (tertiary/aromatic N) is 2. The van der Waals surface area contributed by atoms with E-state index in [1.54, 1.807) is 48.5 Å². The Bertz CT molecular complexity index is 1660. The highest BCUT2D eigenvalue weighted by molar-refractivity contribution is 7.92. The molecular formula is C34H36ClN3O4S. The SMILES string of the molecule is CCNC(=O)[C@H](Cc1ccccc1)N(Cc1cccc(Cl)c1)C(=O)CN(c1cccc(C)c1)S(=O)(=O)c1ccc(C)cc1. The Kier molecular flexibility index (Phi) is 10.6. The first kappa shape index (κ1) is 31.8. The Balaban J connectivity index is 1.80. The summed E-state index contributed by atoms with van der Waals surface area (Å²) in [5.41, 5.74) is 3.69. The van der Waals surface area contributed by atoms with Crippen molar-refractivity contribution >= 4 is 39.1 Å². The smallest absolute Gasteiger partial charge is 0.264 e. The largest absolute Gasteiger partial charge is 0.355 e. The van der Waals surface area contributed by atoms with Crippen LogP contribution in [0.5, 0.6) is 0 Å². The predicted octanol–water partition coefficient (Wildman–Crippen LogP) is 5.93. The van der Waals surface area contributed by atoms with Crippen LogP contribution in [0, 0.1) is 13.8 Å². The van der Waals surface area contributed by atoms with E-state index in [0.29, 0.717) is 22.8 Å². The molecule has 1 N–H and O–H groups in total. The summed E-state index contributed by atoms with van der Waals surface area (Å²) in [5, 5.41) is 3.35. The Labute approximate surface area is 259 Å². The molecule has 0 aliphatic rings. The minimum Gasteiger partial charge on any atom is -0.355 e. The van der Waals surface area contributed by atoms with Crippen LogP contribution in [-0.2, 0) is 32.6 Å². The summed E-state index contributed by atoms with van der Waals surface area (Å²) in [6.07, 6.45) is 0.244. The molecule has 0 aromatic heterocycles. The van der Waals surface area contributed by atoms with Gasteiger partial charge >= 0.3 is 0 Å². The number of nitrogens with one attached hydrogen (secondary N) is 1. The van der Waals surface area contributed by atoms with E-state index in [2.05, 4.69) is 5.32 Å². The molecule has 0 unspecified atom stereocenters. The predicted molar refractivity (Wildman–Crippen MR) is 172 cm³/mol. The van der Waals surface area contributed by atoms with E-state index in [1.165, 1.54) is 17.0 Å². The lowest BCUT2D eigenvalue weighted by atomic mass is 10.0. The molecule has 224 valence electrons. The molecule has 0 spiro atoms. The fraction of sp³-hybridized carbons (Fsp3) is 0.235. The van der Waals surface area contributed by atoms with Gasteiger partial charge < -0.3 is 10.2 Å². The van der Waals surface area contributed by atoms with Gasteiger partial charge in [-0.2, -0.15) is 0 Å². The van der Waals surface area contributed by atoms with Crippen molar-refractivity contribution in [2.45, 2.75) is 44.7 Å². The minimum absolute atomic E-state index is 0.0558. The molecule has 0 saturated carbocycles. The number of likely N-dealkylation sites (N-methyl/N-ethyl adjacent to an activating group) is 1. The van der Waals surface area contributed by atoms with Crippen molar-refractivity contribution in [1.29, 1.82) is 0 Å². The molecule has 4 aromatic carbocycles. The lowest BCUT2D eigenvalue weighted by Gasteiger charge is -2.34. The number of carbonyl (C=O) groups excluding carboxylic acids is 2. The first-order valence-electron chi connectivity index (χ1n) is 14.1. The molecule has 0 bridgehead atoms. The normalized spacial score (nSPS) is 11.9. The van der Waals surface area contributed by atoms with Gasteiger partial charge in [-0.05, 0) is 73.9 Å². The number of amides is 2. The third-order valence-corrected chi connectivity index (χ3v) is 9.06. The van der Waals surface area contributed by atoms with Crippen molar-refractivity contribution in [2.75, 3.05) is 17.4 Å². The number of aryl methyl sites for hydroxylation is 2. The summed E-state index contributed by atoms with van der Waals surface area (Å²) in [6, 6.07) is 29.1. The van der Waals surface area contributed by atoms with Crippen LogP contribution in [0.25, 0.3) is 0 Å². The zero-order valence-electron chi connectivity index (χ0n) is 24.5. The Morgan fingerprint density at radius 2 is 1.49 bits per heavy atom. The van der Waals surface area contributed by atoms with Crippen LogP contribution in [0.15, 0.2) is 108 Å². The van der Waals surface area contributed by atoms with Gasteiger partial charge in [0.1, 0.15) is 12.6 Å². The third kappa shape index (κ3) is 8.24. The van der Waals surface area contributed by atoms with Crippen LogP contribution < -0.4 is 9.62 Å². The summed E-state index contributed by atoms with van der Waals surface area (Å²) < 4.78 is 29.3. The maximum Gasteiger partial charge on any atom is 0.264 e. The fourth-order valence-corrected chi connectivity index (χ4v) is 6.45. The second kappa shape index (κ2) is 14.4. The third-order valence-electron chi connectivity index (χ3n) is 7.04. The topological polar surface area (TPSA) is 86.8 Å². The highest BCUT2D eigenvalue weighted by Crippen LogP contribution is 2.26. The Morgan fingerprint density at radius 3 is 2.14 bits per heavy atom. The van der Waals surface area contributed by atoms with Crippen LogP contribution >= 0.6 is 11.6 Å². The summed E-state index contributed by atoms with van der Waals surface area (Å²) in [4.78, 5) is 29.4. The molecule has 9 heteroatoms. The van der Waals surface area contributed by atoms with Crippen molar-refractivity contribution in [3.8, 4) is 0 Å². The standard InChI is InChI=1S/C34H36ClN3O4S/c1-4-36-34(40)32(22-27-11-6-5-7-12-27)37(23-28-13-9-14-29(35)21-28)33(39)24-38(30-15-8-10-26(3)20-30)43(41,42)31-18-16-25(2)17-19-31/h5-21,32H,4,22-24H2,1-3H3,(H,36,40)/t32-/m0/s1. The van der Waals surface area contributed by atoms with Gasteiger partial charge in [0.25, 0.3) is 10.0 Å². The monoisotopic (exact) mass is 617 g/mol. The lowest BCUT2D eigenvalue weighted by molar-refractivity contribution is -0.140. The molecule has 2 amide bonds. The highest BCUT2D eigenvalue weighted by Gasteiger charge is 2.34. The number of hydrogen-bond donors (Lipinski definition) is 1. The summed E-state index contributed by atoms with van der Waals surface area (Å²) in [5.74, 6) is -0.852. The van der Waals surface area contributed by atoms with E-state index in [-0.39, 0.29) is 23.8 Å². The Hall–Kier alpha value is -4.14. The van der Waals surface area contributed by atoms with Crippen LogP contribution in [0.3, 0.4) is 0 Å². The maximum absolute atomic E-state index is 14.4. The second-order valence-corrected chi connectivity index (χ2v) is 12.7. The van der Waals surface area contributed by atoms with Crippen molar-refractivity contribution in [3.05, 3.63) is 130 Å². The molecular weight excluding hydrogens is 582 g/mol. The van der Waals surface area contributed by atoms with Gasteiger partial charge in [0.15, 0.2) is 0 Å².